The highest BCUT2D eigenvalue weighted by atomic mass is 19.1. The molecule has 1 aromatic rings. The Morgan fingerprint density at radius 1 is 1.62 bits per heavy atom. The van der Waals surface area contributed by atoms with Crippen LogP contribution >= 0.6 is 0 Å². The molecule has 1 aliphatic carbocycles. The van der Waals surface area contributed by atoms with Gasteiger partial charge in [0, 0.05) is 12.6 Å². The van der Waals surface area contributed by atoms with Gasteiger partial charge in [0.15, 0.2) is 0 Å². The van der Waals surface area contributed by atoms with Gasteiger partial charge in [0.2, 0.25) is 0 Å². The number of nitrogens with one attached hydrogen (secondary N) is 1. The quantitative estimate of drug-likeness (QED) is 0.821. The number of hydrogen-bond acceptors (Lipinski definition) is 2. The van der Waals surface area contributed by atoms with Gasteiger partial charge in [-0.1, -0.05) is 13.0 Å². The normalized spacial score (nSPS) is 23.1. The molecule has 0 aromatic heterocycles. The van der Waals surface area contributed by atoms with Crippen LogP contribution in [0.1, 0.15) is 29.3 Å². The summed E-state index contributed by atoms with van der Waals surface area (Å²) in [6.45, 7) is 2.75. The smallest absolute Gasteiger partial charge is 0.338 e. The molecule has 2 rings (SSSR count). The fraction of sp³-hybridized carbons (Fsp3) is 0.417. The predicted molar refractivity (Wildman–Crippen MR) is 57.8 cm³/mol. The topological polar surface area (TPSA) is 49.3 Å². The van der Waals surface area contributed by atoms with Gasteiger partial charge < -0.3 is 10.4 Å². The molecule has 0 heterocycles. The van der Waals surface area contributed by atoms with E-state index in [1.165, 1.54) is 12.1 Å². The molecule has 0 saturated heterocycles. The molecule has 1 fully saturated rings. The van der Waals surface area contributed by atoms with Gasteiger partial charge in [0.1, 0.15) is 5.82 Å². The van der Waals surface area contributed by atoms with E-state index in [0.29, 0.717) is 18.5 Å². The van der Waals surface area contributed by atoms with Gasteiger partial charge in [-0.25, -0.2) is 9.18 Å². The average Bonchev–Trinajstić information content (AvgIpc) is 2.91. The first-order valence-electron chi connectivity index (χ1n) is 5.33. The minimum Gasteiger partial charge on any atom is -0.478 e. The lowest BCUT2D eigenvalue weighted by Crippen LogP contribution is -2.17. The maximum atomic E-state index is 13.3. The zero-order chi connectivity index (χ0) is 11.7. The minimum atomic E-state index is -1.23. The third-order valence-corrected chi connectivity index (χ3v) is 2.94. The SMILES string of the molecule is CC1CC1NCc1ccc(C(=O)O)c(F)c1. The van der Waals surface area contributed by atoms with Crippen molar-refractivity contribution >= 4 is 5.97 Å². The van der Waals surface area contributed by atoms with Crippen LogP contribution in [0.4, 0.5) is 4.39 Å². The molecule has 0 bridgehead atoms. The molecule has 0 amide bonds. The van der Waals surface area contributed by atoms with Gasteiger partial charge in [-0.3, -0.25) is 0 Å². The summed E-state index contributed by atoms with van der Waals surface area (Å²) in [6, 6.07) is 4.77. The summed E-state index contributed by atoms with van der Waals surface area (Å²) >= 11 is 0. The molecule has 1 aliphatic rings. The third kappa shape index (κ3) is 2.39. The Kier molecular flexibility index (Phi) is 2.92. The molecule has 1 aromatic carbocycles. The van der Waals surface area contributed by atoms with Crippen molar-refractivity contribution in [3.63, 3.8) is 0 Å². The standard InChI is InChI=1S/C12H14FNO2/c1-7-4-11(7)14-6-8-2-3-9(12(15)16)10(13)5-8/h2-3,5,7,11,14H,4,6H2,1H3,(H,15,16). The Morgan fingerprint density at radius 2 is 2.31 bits per heavy atom. The van der Waals surface area contributed by atoms with Crippen molar-refractivity contribution in [3.8, 4) is 0 Å². The summed E-state index contributed by atoms with van der Waals surface area (Å²) in [5.41, 5.74) is 0.505. The number of hydrogen-bond donors (Lipinski definition) is 2. The number of halogens is 1. The van der Waals surface area contributed by atoms with Crippen LogP contribution in [-0.4, -0.2) is 17.1 Å². The highest BCUT2D eigenvalue weighted by Crippen LogP contribution is 2.29. The van der Waals surface area contributed by atoms with E-state index in [1.807, 2.05) is 0 Å². The lowest BCUT2D eigenvalue weighted by molar-refractivity contribution is 0.0692. The van der Waals surface area contributed by atoms with Gasteiger partial charge in [-0.2, -0.15) is 0 Å². The fourth-order valence-corrected chi connectivity index (χ4v) is 1.70. The van der Waals surface area contributed by atoms with Crippen LogP contribution in [0.2, 0.25) is 0 Å². The number of carboxylic acids is 1. The largest absolute Gasteiger partial charge is 0.478 e. The Labute approximate surface area is 93.3 Å². The highest BCUT2D eigenvalue weighted by Gasteiger charge is 2.31. The zero-order valence-electron chi connectivity index (χ0n) is 9.03. The molecule has 2 atom stereocenters. The molecule has 2 unspecified atom stereocenters. The first-order valence-corrected chi connectivity index (χ1v) is 5.33. The van der Waals surface area contributed by atoms with Gasteiger partial charge >= 0.3 is 5.97 Å². The molecular formula is C12H14FNO2. The van der Waals surface area contributed by atoms with Gasteiger partial charge in [0.05, 0.1) is 5.56 Å². The van der Waals surface area contributed by atoms with Crippen LogP contribution in [-0.2, 0) is 6.54 Å². The van der Waals surface area contributed by atoms with Crippen LogP contribution in [0, 0.1) is 11.7 Å². The maximum absolute atomic E-state index is 13.3. The van der Waals surface area contributed by atoms with E-state index in [1.54, 1.807) is 6.07 Å². The van der Waals surface area contributed by atoms with E-state index >= 15 is 0 Å². The summed E-state index contributed by atoms with van der Waals surface area (Å²) in [7, 11) is 0. The Hall–Kier alpha value is -1.42. The Morgan fingerprint density at radius 3 is 2.81 bits per heavy atom. The summed E-state index contributed by atoms with van der Waals surface area (Å²) in [6.07, 6.45) is 1.16. The first-order chi connectivity index (χ1) is 7.58. The monoisotopic (exact) mass is 223 g/mol. The molecule has 3 nitrogen and oxygen atoms in total. The second-order valence-corrected chi connectivity index (χ2v) is 4.32. The second kappa shape index (κ2) is 4.22. The molecular weight excluding hydrogens is 209 g/mol. The average molecular weight is 223 g/mol. The van der Waals surface area contributed by atoms with Crippen LogP contribution in [0.3, 0.4) is 0 Å². The van der Waals surface area contributed by atoms with Crippen molar-refractivity contribution in [1.82, 2.24) is 5.32 Å². The summed E-state index contributed by atoms with van der Waals surface area (Å²) in [5, 5.41) is 11.9. The molecule has 4 heteroatoms. The van der Waals surface area contributed by atoms with E-state index in [0.717, 1.165) is 12.0 Å². The number of carbonyl (C=O) groups is 1. The lowest BCUT2D eigenvalue weighted by Gasteiger charge is -2.05. The van der Waals surface area contributed by atoms with Crippen molar-refractivity contribution in [2.75, 3.05) is 0 Å². The van der Waals surface area contributed by atoms with Crippen molar-refractivity contribution in [2.24, 2.45) is 5.92 Å². The van der Waals surface area contributed by atoms with E-state index in [9.17, 15) is 9.18 Å². The van der Waals surface area contributed by atoms with Crippen molar-refractivity contribution in [2.45, 2.75) is 25.9 Å². The molecule has 16 heavy (non-hydrogen) atoms. The number of rotatable bonds is 4. The molecule has 0 spiro atoms. The molecule has 1 saturated carbocycles. The molecule has 0 radical (unpaired) electrons. The van der Waals surface area contributed by atoms with Crippen LogP contribution < -0.4 is 5.32 Å². The van der Waals surface area contributed by atoms with Gasteiger partial charge in [-0.05, 0) is 30.0 Å². The minimum absolute atomic E-state index is 0.275. The van der Waals surface area contributed by atoms with E-state index in [4.69, 9.17) is 5.11 Å². The summed E-state index contributed by atoms with van der Waals surface area (Å²) in [4.78, 5) is 10.6. The molecule has 0 aliphatic heterocycles. The number of carboxylic acid groups (broad SMARTS) is 1. The molecule has 86 valence electrons. The fourth-order valence-electron chi connectivity index (χ4n) is 1.70. The number of benzene rings is 1. The van der Waals surface area contributed by atoms with E-state index in [2.05, 4.69) is 12.2 Å². The molecule has 2 N–H and O–H groups in total. The maximum Gasteiger partial charge on any atom is 0.338 e. The summed E-state index contributed by atoms with van der Waals surface area (Å²) < 4.78 is 13.3. The highest BCUT2D eigenvalue weighted by molar-refractivity contribution is 5.87. The predicted octanol–water partition coefficient (Wildman–Crippen LogP) is 2.02. The van der Waals surface area contributed by atoms with Crippen molar-refractivity contribution in [1.29, 1.82) is 0 Å². The Bertz CT molecular complexity index is 419. The second-order valence-electron chi connectivity index (χ2n) is 4.32. The van der Waals surface area contributed by atoms with Gasteiger partial charge in [-0.15, -0.1) is 0 Å². The lowest BCUT2D eigenvalue weighted by atomic mass is 10.1. The van der Waals surface area contributed by atoms with E-state index in [-0.39, 0.29) is 5.56 Å². The van der Waals surface area contributed by atoms with Gasteiger partial charge in [0.25, 0.3) is 0 Å². The number of aromatic carboxylic acids is 1. The summed E-state index contributed by atoms with van der Waals surface area (Å²) in [5.74, 6) is -1.20. The first kappa shape index (κ1) is 11.1. The van der Waals surface area contributed by atoms with Crippen molar-refractivity contribution < 1.29 is 14.3 Å². The van der Waals surface area contributed by atoms with Crippen LogP contribution in [0.5, 0.6) is 0 Å². The van der Waals surface area contributed by atoms with Crippen LogP contribution in [0.25, 0.3) is 0 Å². The zero-order valence-corrected chi connectivity index (χ0v) is 9.03. The van der Waals surface area contributed by atoms with Crippen molar-refractivity contribution in [3.05, 3.63) is 35.1 Å². The van der Waals surface area contributed by atoms with E-state index < -0.39 is 11.8 Å². The third-order valence-electron chi connectivity index (χ3n) is 2.94. The van der Waals surface area contributed by atoms with Crippen LogP contribution in [0.15, 0.2) is 18.2 Å². The Balaban J connectivity index is 2.00.